The lowest BCUT2D eigenvalue weighted by Crippen LogP contribution is -2.44. The molecule has 0 bridgehead atoms. The number of nitrogens with zero attached hydrogens (tertiary/aromatic N) is 2. The zero-order chi connectivity index (χ0) is 11.8. The summed E-state index contributed by atoms with van der Waals surface area (Å²) in [6.45, 7) is 8.66. The fraction of sp³-hybridized carbons (Fsp3) is 0.846. The average Bonchev–Trinajstić information content (AvgIpc) is 2.31. The Labute approximate surface area is 100 Å². The molecule has 0 aromatic rings. The maximum Gasteiger partial charge on any atom is 0.0598 e. The lowest BCUT2D eigenvalue weighted by Gasteiger charge is -2.31. The van der Waals surface area contributed by atoms with Crippen LogP contribution in [0.15, 0.2) is 0 Å². The van der Waals surface area contributed by atoms with Crippen LogP contribution in [0.3, 0.4) is 0 Å². The summed E-state index contributed by atoms with van der Waals surface area (Å²) in [5.74, 6) is 2.72. The summed E-state index contributed by atoms with van der Waals surface area (Å²) in [6.07, 6.45) is 7.78. The Kier molecular flexibility index (Phi) is 6.47. The Balaban J connectivity index is 2.06. The van der Waals surface area contributed by atoms with E-state index in [9.17, 15) is 0 Å². The summed E-state index contributed by atoms with van der Waals surface area (Å²) in [5, 5.41) is 3.63. The van der Waals surface area contributed by atoms with Gasteiger partial charge in [-0.1, -0.05) is 12.8 Å². The first kappa shape index (κ1) is 13.5. The van der Waals surface area contributed by atoms with Crippen LogP contribution >= 0.6 is 0 Å². The molecule has 0 radical (unpaired) electrons. The number of hydrogen-bond donors (Lipinski definition) is 1. The SMILES string of the molecule is C#CCN1CCC(NCCN(C)CC)CC1. The van der Waals surface area contributed by atoms with Gasteiger partial charge in [-0.2, -0.15) is 0 Å². The molecule has 0 aromatic heterocycles. The Morgan fingerprint density at radius 3 is 2.69 bits per heavy atom. The first-order valence-corrected chi connectivity index (χ1v) is 6.34. The highest BCUT2D eigenvalue weighted by atomic mass is 15.1. The van der Waals surface area contributed by atoms with Crippen molar-refractivity contribution in [2.75, 3.05) is 46.3 Å². The van der Waals surface area contributed by atoms with E-state index in [0.717, 1.165) is 39.3 Å². The van der Waals surface area contributed by atoms with Gasteiger partial charge in [0.15, 0.2) is 0 Å². The van der Waals surface area contributed by atoms with E-state index in [1.165, 1.54) is 12.8 Å². The van der Waals surface area contributed by atoms with E-state index in [-0.39, 0.29) is 0 Å². The van der Waals surface area contributed by atoms with Crippen molar-refractivity contribution in [3.05, 3.63) is 0 Å². The molecule has 1 saturated heterocycles. The summed E-state index contributed by atoms with van der Waals surface area (Å²) in [7, 11) is 2.16. The molecule has 1 N–H and O–H groups in total. The Morgan fingerprint density at radius 1 is 1.44 bits per heavy atom. The van der Waals surface area contributed by atoms with Crippen molar-refractivity contribution in [2.24, 2.45) is 0 Å². The summed E-state index contributed by atoms with van der Waals surface area (Å²) >= 11 is 0. The number of terminal acetylenes is 1. The van der Waals surface area contributed by atoms with E-state index in [1.807, 2.05) is 0 Å². The van der Waals surface area contributed by atoms with E-state index in [0.29, 0.717) is 6.04 Å². The molecule has 1 fully saturated rings. The first-order chi connectivity index (χ1) is 7.76. The van der Waals surface area contributed by atoms with Gasteiger partial charge in [0.2, 0.25) is 0 Å². The van der Waals surface area contributed by atoms with Gasteiger partial charge in [-0.3, -0.25) is 4.90 Å². The predicted molar refractivity (Wildman–Crippen MR) is 69.5 cm³/mol. The van der Waals surface area contributed by atoms with Crippen molar-refractivity contribution in [3.8, 4) is 12.3 Å². The van der Waals surface area contributed by atoms with Gasteiger partial charge in [-0.15, -0.1) is 6.42 Å². The van der Waals surface area contributed by atoms with Gasteiger partial charge in [-0.05, 0) is 26.4 Å². The van der Waals surface area contributed by atoms with E-state index in [4.69, 9.17) is 6.42 Å². The maximum atomic E-state index is 5.31. The van der Waals surface area contributed by atoms with Gasteiger partial charge in [0.25, 0.3) is 0 Å². The second-order valence-corrected chi connectivity index (χ2v) is 4.60. The van der Waals surface area contributed by atoms with Crippen LogP contribution in [0.25, 0.3) is 0 Å². The standard InChI is InChI=1S/C13H25N3/c1-4-9-16-10-6-13(7-11-16)14-8-12-15(3)5-2/h1,13-14H,5-12H2,2-3H3. The van der Waals surface area contributed by atoms with Gasteiger partial charge in [0, 0.05) is 32.2 Å². The highest BCUT2D eigenvalue weighted by Gasteiger charge is 2.17. The van der Waals surface area contributed by atoms with Crippen LogP contribution in [-0.4, -0.2) is 62.2 Å². The molecule has 0 spiro atoms. The summed E-state index contributed by atoms with van der Waals surface area (Å²) in [4.78, 5) is 4.69. The minimum absolute atomic E-state index is 0.694. The third-order valence-corrected chi connectivity index (χ3v) is 3.37. The van der Waals surface area contributed by atoms with Crippen molar-refractivity contribution < 1.29 is 0 Å². The molecule has 0 amide bonds. The minimum Gasteiger partial charge on any atom is -0.313 e. The van der Waals surface area contributed by atoms with Crippen LogP contribution in [0.4, 0.5) is 0 Å². The topological polar surface area (TPSA) is 18.5 Å². The second-order valence-electron chi connectivity index (χ2n) is 4.60. The molecule has 1 rings (SSSR count). The lowest BCUT2D eigenvalue weighted by molar-refractivity contribution is 0.214. The Hall–Kier alpha value is -0.560. The molecule has 1 aliphatic heterocycles. The van der Waals surface area contributed by atoms with Crippen LogP contribution in [0.1, 0.15) is 19.8 Å². The summed E-state index contributed by atoms with van der Waals surface area (Å²) in [5.41, 5.74) is 0. The lowest BCUT2D eigenvalue weighted by atomic mass is 10.1. The van der Waals surface area contributed by atoms with Gasteiger partial charge < -0.3 is 10.2 Å². The monoisotopic (exact) mass is 223 g/mol. The zero-order valence-electron chi connectivity index (χ0n) is 10.7. The van der Waals surface area contributed by atoms with Gasteiger partial charge in [0.05, 0.1) is 6.54 Å². The quantitative estimate of drug-likeness (QED) is 0.666. The number of hydrogen-bond acceptors (Lipinski definition) is 3. The highest BCUT2D eigenvalue weighted by molar-refractivity contribution is 4.90. The molecule has 0 aromatic carbocycles. The van der Waals surface area contributed by atoms with Crippen LogP contribution in [0, 0.1) is 12.3 Å². The molecule has 0 atom stereocenters. The third-order valence-electron chi connectivity index (χ3n) is 3.37. The van der Waals surface area contributed by atoms with Crippen molar-refractivity contribution in [1.82, 2.24) is 15.1 Å². The molecule has 1 heterocycles. The fourth-order valence-corrected chi connectivity index (χ4v) is 2.04. The normalized spacial score (nSPS) is 18.9. The molecule has 0 aliphatic carbocycles. The van der Waals surface area contributed by atoms with Crippen molar-refractivity contribution >= 4 is 0 Å². The second kappa shape index (κ2) is 7.67. The number of piperidine rings is 1. The van der Waals surface area contributed by atoms with Gasteiger partial charge >= 0.3 is 0 Å². The van der Waals surface area contributed by atoms with Crippen LogP contribution < -0.4 is 5.32 Å². The molecule has 0 unspecified atom stereocenters. The Morgan fingerprint density at radius 2 is 2.12 bits per heavy atom. The van der Waals surface area contributed by atoms with Gasteiger partial charge in [-0.25, -0.2) is 0 Å². The van der Waals surface area contributed by atoms with Crippen molar-refractivity contribution in [1.29, 1.82) is 0 Å². The molecule has 3 nitrogen and oxygen atoms in total. The molecule has 3 heteroatoms. The van der Waals surface area contributed by atoms with Crippen LogP contribution in [-0.2, 0) is 0 Å². The summed E-state index contributed by atoms with van der Waals surface area (Å²) < 4.78 is 0. The number of likely N-dealkylation sites (tertiary alicyclic amines) is 1. The first-order valence-electron chi connectivity index (χ1n) is 6.34. The highest BCUT2D eigenvalue weighted by Crippen LogP contribution is 2.09. The minimum atomic E-state index is 0.694. The molecule has 16 heavy (non-hydrogen) atoms. The van der Waals surface area contributed by atoms with Gasteiger partial charge in [0.1, 0.15) is 0 Å². The van der Waals surface area contributed by atoms with E-state index in [2.05, 4.69) is 35.0 Å². The van der Waals surface area contributed by atoms with Crippen LogP contribution in [0.5, 0.6) is 0 Å². The van der Waals surface area contributed by atoms with Crippen LogP contribution in [0.2, 0.25) is 0 Å². The van der Waals surface area contributed by atoms with E-state index in [1.54, 1.807) is 0 Å². The number of likely N-dealkylation sites (N-methyl/N-ethyl adjacent to an activating group) is 1. The smallest absolute Gasteiger partial charge is 0.0598 e. The molecule has 1 aliphatic rings. The van der Waals surface area contributed by atoms with Crippen molar-refractivity contribution in [2.45, 2.75) is 25.8 Å². The van der Waals surface area contributed by atoms with Crippen molar-refractivity contribution in [3.63, 3.8) is 0 Å². The summed E-state index contributed by atoms with van der Waals surface area (Å²) in [6, 6.07) is 0.694. The number of nitrogens with one attached hydrogen (secondary N) is 1. The molecular formula is C13H25N3. The van der Waals surface area contributed by atoms with E-state index < -0.39 is 0 Å². The zero-order valence-corrected chi connectivity index (χ0v) is 10.7. The fourth-order valence-electron chi connectivity index (χ4n) is 2.04. The predicted octanol–water partition coefficient (Wildman–Crippen LogP) is 0.625. The molecule has 0 saturated carbocycles. The molecular weight excluding hydrogens is 198 g/mol. The molecule has 92 valence electrons. The largest absolute Gasteiger partial charge is 0.313 e. The maximum absolute atomic E-state index is 5.31. The average molecular weight is 223 g/mol. The van der Waals surface area contributed by atoms with E-state index >= 15 is 0 Å². The number of rotatable bonds is 6. The third kappa shape index (κ3) is 4.98. The Bertz CT molecular complexity index is 214.